The number of hydrogen-bond donors (Lipinski definition) is 1. The van der Waals surface area contributed by atoms with Crippen molar-refractivity contribution in [2.24, 2.45) is 5.73 Å². The van der Waals surface area contributed by atoms with Gasteiger partial charge in [0.2, 0.25) is 0 Å². The van der Waals surface area contributed by atoms with Gasteiger partial charge < -0.3 is 15.2 Å². The zero-order valence-electron chi connectivity index (χ0n) is 10.4. The van der Waals surface area contributed by atoms with Crippen molar-refractivity contribution in [2.75, 3.05) is 0 Å². The van der Waals surface area contributed by atoms with Crippen LogP contribution < -0.4 is 10.5 Å². The topological polar surface area (TPSA) is 57.4 Å². The van der Waals surface area contributed by atoms with Crippen molar-refractivity contribution in [3.05, 3.63) is 24.0 Å². The minimum absolute atomic E-state index is 0.224. The largest absolute Gasteiger partial charge is 0.490 e. The lowest BCUT2D eigenvalue weighted by Gasteiger charge is -2.32. The molecule has 1 saturated heterocycles. The quantitative estimate of drug-likeness (QED) is 0.870. The fourth-order valence-corrected chi connectivity index (χ4v) is 2.27. The maximum atomic E-state index is 5.96. The van der Waals surface area contributed by atoms with Gasteiger partial charge in [-0.15, -0.1) is 0 Å². The van der Waals surface area contributed by atoms with Gasteiger partial charge in [-0.2, -0.15) is 0 Å². The summed E-state index contributed by atoms with van der Waals surface area (Å²) in [7, 11) is 0. The Hall–Kier alpha value is -1.13. The summed E-state index contributed by atoms with van der Waals surface area (Å²) in [6, 6.07) is 3.79. The average Bonchev–Trinajstić information content (AvgIpc) is 2.28. The van der Waals surface area contributed by atoms with Crippen LogP contribution in [0.5, 0.6) is 5.75 Å². The number of hydrogen-bond acceptors (Lipinski definition) is 4. The van der Waals surface area contributed by atoms with E-state index in [9.17, 15) is 0 Å². The summed E-state index contributed by atoms with van der Waals surface area (Å²) in [6.07, 6.45) is 4.36. The molecule has 1 aromatic rings. The molecule has 0 spiro atoms. The van der Waals surface area contributed by atoms with Crippen LogP contribution >= 0.6 is 0 Å². The lowest BCUT2D eigenvalue weighted by molar-refractivity contribution is -0.0721. The summed E-state index contributed by atoms with van der Waals surface area (Å²) < 4.78 is 11.6. The second-order valence-electron chi connectivity index (χ2n) is 4.66. The van der Waals surface area contributed by atoms with E-state index in [-0.39, 0.29) is 18.3 Å². The van der Waals surface area contributed by atoms with Gasteiger partial charge in [-0.05, 0) is 19.9 Å². The van der Waals surface area contributed by atoms with E-state index in [1.807, 2.05) is 12.1 Å². The van der Waals surface area contributed by atoms with Gasteiger partial charge in [0.15, 0.2) is 0 Å². The van der Waals surface area contributed by atoms with Gasteiger partial charge in [-0.25, -0.2) is 0 Å². The number of aromatic nitrogens is 1. The van der Waals surface area contributed by atoms with Gasteiger partial charge in [0.05, 0.1) is 17.9 Å². The van der Waals surface area contributed by atoms with Gasteiger partial charge >= 0.3 is 0 Å². The highest BCUT2D eigenvalue weighted by molar-refractivity contribution is 5.22. The second kappa shape index (κ2) is 5.47. The number of nitrogens with two attached hydrogens (primary N) is 1. The van der Waals surface area contributed by atoms with Crippen molar-refractivity contribution in [3.63, 3.8) is 0 Å². The van der Waals surface area contributed by atoms with E-state index in [4.69, 9.17) is 15.2 Å². The van der Waals surface area contributed by atoms with E-state index >= 15 is 0 Å². The molecular weight excluding hydrogens is 216 g/mol. The molecule has 2 heterocycles. The van der Waals surface area contributed by atoms with Crippen molar-refractivity contribution in [1.29, 1.82) is 0 Å². The summed E-state index contributed by atoms with van der Waals surface area (Å²) in [6.45, 7) is 4.62. The van der Waals surface area contributed by atoms with Crippen molar-refractivity contribution >= 4 is 0 Å². The lowest BCUT2D eigenvalue weighted by Crippen LogP contribution is -2.35. The lowest BCUT2D eigenvalue weighted by atomic mass is 10.0. The molecule has 4 heteroatoms. The molecular formula is C13H20N2O2. The zero-order valence-corrected chi connectivity index (χ0v) is 10.4. The number of rotatable bonds is 3. The Bertz CT molecular complexity index is 360. The SMILES string of the molecule is CC1CC(Oc2ccnc(CN)c2)CC(C)O1. The van der Waals surface area contributed by atoms with Crippen LogP contribution in [0.15, 0.2) is 18.3 Å². The first kappa shape index (κ1) is 12.3. The Morgan fingerprint density at radius 1 is 1.41 bits per heavy atom. The predicted molar refractivity (Wildman–Crippen MR) is 65.8 cm³/mol. The molecule has 0 aliphatic carbocycles. The normalized spacial score (nSPS) is 29.0. The van der Waals surface area contributed by atoms with Gasteiger partial charge in [-0.1, -0.05) is 0 Å². The van der Waals surface area contributed by atoms with Crippen LogP contribution in [0.25, 0.3) is 0 Å². The first-order valence-electron chi connectivity index (χ1n) is 6.14. The van der Waals surface area contributed by atoms with E-state index in [1.54, 1.807) is 6.20 Å². The zero-order chi connectivity index (χ0) is 12.3. The average molecular weight is 236 g/mol. The fourth-order valence-electron chi connectivity index (χ4n) is 2.27. The summed E-state index contributed by atoms with van der Waals surface area (Å²) >= 11 is 0. The Balaban J connectivity index is 1.99. The first-order valence-corrected chi connectivity index (χ1v) is 6.14. The molecule has 1 aromatic heterocycles. The molecule has 0 aromatic carbocycles. The Kier molecular flexibility index (Phi) is 3.97. The van der Waals surface area contributed by atoms with Gasteiger partial charge in [-0.3, -0.25) is 4.98 Å². The molecule has 0 amide bonds. The highest BCUT2D eigenvalue weighted by Crippen LogP contribution is 2.24. The molecule has 1 aliphatic rings. The van der Waals surface area contributed by atoms with Gasteiger partial charge in [0.25, 0.3) is 0 Å². The van der Waals surface area contributed by atoms with E-state index < -0.39 is 0 Å². The maximum Gasteiger partial charge on any atom is 0.123 e. The molecule has 2 N–H and O–H groups in total. The standard InChI is InChI=1S/C13H20N2O2/c1-9-5-13(6-10(2)16-9)17-12-3-4-15-11(7-12)8-14/h3-4,7,9-10,13H,5-6,8,14H2,1-2H3. The molecule has 2 unspecified atom stereocenters. The fraction of sp³-hybridized carbons (Fsp3) is 0.615. The van der Waals surface area contributed by atoms with Crippen LogP contribution in [0.1, 0.15) is 32.4 Å². The Morgan fingerprint density at radius 2 is 2.12 bits per heavy atom. The van der Waals surface area contributed by atoms with Crippen molar-refractivity contribution < 1.29 is 9.47 Å². The number of ether oxygens (including phenoxy) is 2. The Labute approximate surface area is 102 Å². The van der Waals surface area contributed by atoms with Crippen molar-refractivity contribution in [2.45, 2.75) is 51.5 Å². The minimum atomic E-state index is 0.224. The second-order valence-corrected chi connectivity index (χ2v) is 4.66. The monoisotopic (exact) mass is 236 g/mol. The van der Waals surface area contributed by atoms with E-state index in [0.717, 1.165) is 24.3 Å². The molecule has 0 radical (unpaired) electrons. The maximum absolute atomic E-state index is 5.96. The predicted octanol–water partition coefficient (Wildman–Crippen LogP) is 1.88. The summed E-state index contributed by atoms with van der Waals surface area (Å²) in [4.78, 5) is 4.15. The summed E-state index contributed by atoms with van der Waals surface area (Å²) in [5.41, 5.74) is 6.42. The molecule has 2 atom stereocenters. The molecule has 17 heavy (non-hydrogen) atoms. The van der Waals surface area contributed by atoms with E-state index in [1.165, 1.54) is 0 Å². The molecule has 4 nitrogen and oxygen atoms in total. The van der Waals surface area contributed by atoms with Gasteiger partial charge in [0.1, 0.15) is 11.9 Å². The third-order valence-corrected chi connectivity index (χ3v) is 2.95. The minimum Gasteiger partial charge on any atom is -0.490 e. The third kappa shape index (κ3) is 3.41. The van der Waals surface area contributed by atoms with Gasteiger partial charge in [0, 0.05) is 31.6 Å². The molecule has 1 fully saturated rings. The molecule has 0 bridgehead atoms. The van der Waals surface area contributed by atoms with Crippen molar-refractivity contribution in [3.8, 4) is 5.75 Å². The van der Waals surface area contributed by atoms with Crippen LogP contribution in [0.2, 0.25) is 0 Å². The van der Waals surface area contributed by atoms with Crippen LogP contribution in [0, 0.1) is 0 Å². The third-order valence-electron chi connectivity index (χ3n) is 2.95. The molecule has 0 saturated carbocycles. The molecule has 1 aliphatic heterocycles. The number of pyridine rings is 1. The number of nitrogens with zero attached hydrogens (tertiary/aromatic N) is 1. The highest BCUT2D eigenvalue weighted by Gasteiger charge is 2.25. The van der Waals surface area contributed by atoms with Crippen LogP contribution in [0.3, 0.4) is 0 Å². The van der Waals surface area contributed by atoms with Crippen LogP contribution in [-0.2, 0) is 11.3 Å². The smallest absolute Gasteiger partial charge is 0.123 e. The first-order chi connectivity index (χ1) is 8.17. The highest BCUT2D eigenvalue weighted by atomic mass is 16.5. The summed E-state index contributed by atoms with van der Waals surface area (Å²) in [5.74, 6) is 0.853. The van der Waals surface area contributed by atoms with E-state index in [0.29, 0.717) is 6.54 Å². The molecule has 94 valence electrons. The summed E-state index contributed by atoms with van der Waals surface area (Å²) in [5, 5.41) is 0. The van der Waals surface area contributed by atoms with Crippen molar-refractivity contribution in [1.82, 2.24) is 4.98 Å². The van der Waals surface area contributed by atoms with E-state index in [2.05, 4.69) is 18.8 Å². The molecule has 2 rings (SSSR count). The van der Waals surface area contributed by atoms with Crippen LogP contribution in [0.4, 0.5) is 0 Å². The Morgan fingerprint density at radius 3 is 2.76 bits per heavy atom. The van der Waals surface area contributed by atoms with Crippen LogP contribution in [-0.4, -0.2) is 23.3 Å².